The van der Waals surface area contributed by atoms with Crippen molar-refractivity contribution in [3.63, 3.8) is 0 Å². The van der Waals surface area contributed by atoms with Gasteiger partial charge in [0, 0.05) is 6.04 Å². The van der Waals surface area contributed by atoms with E-state index in [-0.39, 0.29) is 6.23 Å². The molecule has 1 aliphatic heterocycles. The summed E-state index contributed by atoms with van der Waals surface area (Å²) in [6.45, 7) is 2.09. The van der Waals surface area contributed by atoms with Crippen LogP contribution in [-0.2, 0) is 6.42 Å². The summed E-state index contributed by atoms with van der Waals surface area (Å²) in [5, 5.41) is 13.0. The Morgan fingerprint density at radius 2 is 1.65 bits per heavy atom. The molecule has 2 heteroatoms. The van der Waals surface area contributed by atoms with Crippen molar-refractivity contribution >= 4 is 0 Å². The van der Waals surface area contributed by atoms with Gasteiger partial charge in [-0.15, -0.1) is 0 Å². The molecule has 0 aliphatic carbocycles. The minimum atomic E-state index is -0.344. The summed E-state index contributed by atoms with van der Waals surface area (Å²) in [5.41, 5.74) is 3.83. The minimum absolute atomic E-state index is 0.344. The summed E-state index contributed by atoms with van der Waals surface area (Å²) in [7, 11) is 0. The van der Waals surface area contributed by atoms with Crippen molar-refractivity contribution in [2.75, 3.05) is 0 Å². The van der Waals surface area contributed by atoms with Crippen LogP contribution in [0, 0.1) is 5.92 Å². The van der Waals surface area contributed by atoms with E-state index in [0.29, 0.717) is 12.0 Å². The number of aliphatic hydroxyl groups excluding tert-OH is 1. The van der Waals surface area contributed by atoms with E-state index in [2.05, 4.69) is 60.8 Å². The molecule has 0 saturated carbocycles. The van der Waals surface area contributed by atoms with Gasteiger partial charge in [-0.2, -0.15) is 0 Å². The predicted molar refractivity (Wildman–Crippen MR) is 82.3 cm³/mol. The number of rotatable bonds is 3. The zero-order chi connectivity index (χ0) is 13.9. The van der Waals surface area contributed by atoms with Crippen molar-refractivity contribution in [1.29, 1.82) is 0 Å². The third-order valence-electron chi connectivity index (χ3n) is 4.14. The van der Waals surface area contributed by atoms with Gasteiger partial charge in [0.05, 0.1) is 0 Å². The topological polar surface area (TPSA) is 32.3 Å². The second-order valence-corrected chi connectivity index (χ2v) is 5.79. The van der Waals surface area contributed by atoms with Crippen LogP contribution in [0.5, 0.6) is 0 Å². The zero-order valence-corrected chi connectivity index (χ0v) is 11.8. The molecule has 2 unspecified atom stereocenters. The summed E-state index contributed by atoms with van der Waals surface area (Å²) in [6.07, 6.45) is 1.68. The Morgan fingerprint density at radius 3 is 2.25 bits per heavy atom. The van der Waals surface area contributed by atoms with Gasteiger partial charge in [0.25, 0.3) is 0 Å². The first-order valence-electron chi connectivity index (χ1n) is 7.31. The number of nitrogens with one attached hydrogen (secondary N) is 1. The van der Waals surface area contributed by atoms with Gasteiger partial charge in [-0.1, -0.05) is 61.5 Å². The fourth-order valence-electron chi connectivity index (χ4n) is 2.94. The van der Waals surface area contributed by atoms with Crippen LogP contribution < -0.4 is 5.32 Å². The van der Waals surface area contributed by atoms with Gasteiger partial charge in [0.1, 0.15) is 6.23 Å². The predicted octanol–water partition coefficient (Wildman–Crippen LogP) is 3.21. The third kappa shape index (κ3) is 2.92. The van der Waals surface area contributed by atoms with E-state index in [1.54, 1.807) is 0 Å². The monoisotopic (exact) mass is 267 g/mol. The van der Waals surface area contributed by atoms with Crippen molar-refractivity contribution in [3.05, 3.63) is 60.2 Å². The fraction of sp³-hybridized carbons (Fsp3) is 0.333. The summed E-state index contributed by atoms with van der Waals surface area (Å²) >= 11 is 0. The molecule has 2 N–H and O–H groups in total. The van der Waals surface area contributed by atoms with E-state index in [9.17, 15) is 5.11 Å². The average Bonchev–Trinajstić information content (AvgIpc) is 2.79. The molecule has 20 heavy (non-hydrogen) atoms. The highest BCUT2D eigenvalue weighted by Crippen LogP contribution is 2.23. The third-order valence-corrected chi connectivity index (χ3v) is 4.14. The van der Waals surface area contributed by atoms with Crippen LogP contribution in [-0.4, -0.2) is 17.4 Å². The minimum Gasteiger partial charge on any atom is -0.378 e. The van der Waals surface area contributed by atoms with Crippen LogP contribution >= 0.6 is 0 Å². The van der Waals surface area contributed by atoms with Crippen molar-refractivity contribution < 1.29 is 5.11 Å². The number of aliphatic hydroxyl groups is 1. The van der Waals surface area contributed by atoms with Crippen LogP contribution in [0.15, 0.2) is 54.6 Å². The molecule has 0 spiro atoms. The molecular formula is C18H21NO. The molecule has 104 valence electrons. The van der Waals surface area contributed by atoms with Crippen molar-refractivity contribution in [3.8, 4) is 11.1 Å². The lowest BCUT2D eigenvalue weighted by Gasteiger charge is -2.11. The van der Waals surface area contributed by atoms with Crippen LogP contribution in [0.2, 0.25) is 0 Å². The Bertz CT molecular complexity index is 539. The molecule has 0 amide bonds. The second-order valence-electron chi connectivity index (χ2n) is 5.79. The normalized spacial score (nSPS) is 25.8. The van der Waals surface area contributed by atoms with E-state index in [1.165, 1.54) is 16.7 Å². The smallest absolute Gasteiger partial charge is 0.107 e. The van der Waals surface area contributed by atoms with Crippen molar-refractivity contribution in [2.24, 2.45) is 5.92 Å². The number of hydrogen-bond donors (Lipinski definition) is 2. The quantitative estimate of drug-likeness (QED) is 0.895. The van der Waals surface area contributed by atoms with Crippen LogP contribution in [0.25, 0.3) is 11.1 Å². The molecule has 1 aliphatic rings. The zero-order valence-electron chi connectivity index (χ0n) is 11.8. The lowest BCUT2D eigenvalue weighted by molar-refractivity contribution is 0.117. The highest BCUT2D eigenvalue weighted by Gasteiger charge is 2.28. The van der Waals surface area contributed by atoms with Gasteiger partial charge in [0.2, 0.25) is 0 Å². The molecule has 2 aromatic carbocycles. The number of benzene rings is 2. The molecule has 0 bridgehead atoms. The van der Waals surface area contributed by atoms with Crippen LogP contribution in [0.3, 0.4) is 0 Å². The Labute approximate surface area is 120 Å². The lowest BCUT2D eigenvalue weighted by atomic mass is 9.98. The molecule has 2 nitrogen and oxygen atoms in total. The lowest BCUT2D eigenvalue weighted by Crippen LogP contribution is -2.31. The maximum absolute atomic E-state index is 9.73. The Hall–Kier alpha value is -1.64. The van der Waals surface area contributed by atoms with E-state index >= 15 is 0 Å². The Morgan fingerprint density at radius 1 is 1.00 bits per heavy atom. The molecule has 3 atom stereocenters. The highest BCUT2D eigenvalue weighted by atomic mass is 16.3. The SMILES string of the molecule is C[C@@H]1CC(Cc2ccc(-c3ccccc3)cc2)NC1O. The van der Waals surface area contributed by atoms with E-state index in [1.807, 2.05) is 6.07 Å². The second kappa shape index (κ2) is 5.78. The molecule has 1 heterocycles. The molecule has 0 aromatic heterocycles. The largest absolute Gasteiger partial charge is 0.378 e. The standard InChI is InChI=1S/C18H21NO/c1-13-11-17(19-18(13)20)12-14-7-9-16(10-8-14)15-5-3-2-4-6-15/h2-10,13,17-20H,11-12H2,1H3/t13-,17?,18?/m1/s1. The first kappa shape index (κ1) is 13.3. The van der Waals surface area contributed by atoms with Gasteiger partial charge in [-0.3, -0.25) is 5.32 Å². The van der Waals surface area contributed by atoms with Crippen LogP contribution in [0.4, 0.5) is 0 Å². The van der Waals surface area contributed by atoms with Gasteiger partial charge >= 0.3 is 0 Å². The highest BCUT2D eigenvalue weighted by molar-refractivity contribution is 5.63. The Balaban J connectivity index is 1.68. The van der Waals surface area contributed by atoms with E-state index in [0.717, 1.165) is 12.8 Å². The molecular weight excluding hydrogens is 246 g/mol. The Kier molecular flexibility index (Phi) is 3.86. The van der Waals surface area contributed by atoms with Gasteiger partial charge in [-0.25, -0.2) is 0 Å². The molecule has 3 rings (SSSR count). The molecule has 2 aromatic rings. The van der Waals surface area contributed by atoms with Gasteiger partial charge in [0.15, 0.2) is 0 Å². The van der Waals surface area contributed by atoms with Crippen molar-refractivity contribution in [1.82, 2.24) is 5.32 Å². The summed E-state index contributed by atoms with van der Waals surface area (Å²) in [5.74, 6) is 0.351. The number of hydrogen-bond acceptors (Lipinski definition) is 2. The first-order chi connectivity index (χ1) is 9.72. The van der Waals surface area contributed by atoms with Gasteiger partial charge in [-0.05, 0) is 35.4 Å². The maximum atomic E-state index is 9.73. The van der Waals surface area contributed by atoms with E-state index < -0.39 is 0 Å². The molecule has 0 radical (unpaired) electrons. The maximum Gasteiger partial charge on any atom is 0.107 e. The van der Waals surface area contributed by atoms with E-state index in [4.69, 9.17) is 0 Å². The first-order valence-corrected chi connectivity index (χ1v) is 7.31. The van der Waals surface area contributed by atoms with Gasteiger partial charge < -0.3 is 5.11 Å². The summed E-state index contributed by atoms with van der Waals surface area (Å²) < 4.78 is 0. The summed E-state index contributed by atoms with van der Waals surface area (Å²) in [6, 6.07) is 19.6. The summed E-state index contributed by atoms with van der Waals surface area (Å²) in [4.78, 5) is 0. The molecule has 1 fully saturated rings. The fourth-order valence-corrected chi connectivity index (χ4v) is 2.94. The van der Waals surface area contributed by atoms with Crippen molar-refractivity contribution in [2.45, 2.75) is 32.0 Å². The average molecular weight is 267 g/mol. The van der Waals surface area contributed by atoms with Crippen LogP contribution in [0.1, 0.15) is 18.9 Å². The molecule has 1 saturated heterocycles.